The number of methoxy groups -OCH3 is 1. The highest BCUT2D eigenvalue weighted by molar-refractivity contribution is 7.90. The van der Waals surface area contributed by atoms with E-state index in [-0.39, 0.29) is 22.6 Å². The summed E-state index contributed by atoms with van der Waals surface area (Å²) in [5, 5.41) is -0.267. The van der Waals surface area contributed by atoms with Crippen LogP contribution >= 0.6 is 11.6 Å². The third-order valence-corrected chi connectivity index (χ3v) is 6.71. The number of esters is 2. The highest BCUT2D eigenvalue weighted by Gasteiger charge is 2.28. The van der Waals surface area contributed by atoms with Crippen molar-refractivity contribution in [2.45, 2.75) is 24.0 Å². The molecule has 0 fully saturated rings. The van der Waals surface area contributed by atoms with Gasteiger partial charge in [0.1, 0.15) is 10.7 Å². The van der Waals surface area contributed by atoms with Gasteiger partial charge in [0.25, 0.3) is 0 Å². The first-order valence-electron chi connectivity index (χ1n) is 9.85. The molecule has 0 unspecified atom stereocenters. The van der Waals surface area contributed by atoms with Gasteiger partial charge in [0.05, 0.1) is 23.4 Å². The molecule has 0 radical (unpaired) electrons. The van der Waals surface area contributed by atoms with Crippen LogP contribution < -0.4 is 4.74 Å². The molecule has 3 aromatic carbocycles. The number of carbonyl (C=O) groups is 2. The summed E-state index contributed by atoms with van der Waals surface area (Å²) in [6, 6.07) is 15.4. The molecular weight excluding hydrogens is 471 g/mol. The molecule has 6 nitrogen and oxygen atoms in total. The average Bonchev–Trinajstić information content (AvgIpc) is 2.81. The highest BCUT2D eigenvalue weighted by Crippen LogP contribution is 2.36. The summed E-state index contributed by atoms with van der Waals surface area (Å²) in [5.41, 5.74) is 1.16. The van der Waals surface area contributed by atoms with Gasteiger partial charge in [0.2, 0.25) is 0 Å². The summed E-state index contributed by atoms with van der Waals surface area (Å²) < 4.78 is 51.1. The summed E-state index contributed by atoms with van der Waals surface area (Å²) in [6.45, 7) is 1.53. The maximum absolute atomic E-state index is 14.6. The number of benzene rings is 3. The molecule has 0 amide bonds. The predicted octanol–water partition coefficient (Wildman–Crippen LogP) is 5.22. The normalized spacial score (nSPS) is 11.2. The Labute approximate surface area is 195 Å². The van der Waals surface area contributed by atoms with E-state index < -0.39 is 44.0 Å². The second-order valence-electron chi connectivity index (χ2n) is 7.04. The minimum atomic E-state index is -4.32. The number of hydrogen-bond donors (Lipinski definition) is 0. The lowest BCUT2D eigenvalue weighted by Crippen LogP contribution is -2.14. The summed E-state index contributed by atoms with van der Waals surface area (Å²) in [7, 11) is -3.19. The largest absolute Gasteiger partial charge is 0.465 e. The number of ether oxygens (including phenoxy) is 2. The van der Waals surface area contributed by atoms with Crippen molar-refractivity contribution in [1.29, 1.82) is 0 Å². The fourth-order valence-corrected chi connectivity index (χ4v) is 4.94. The van der Waals surface area contributed by atoms with E-state index in [9.17, 15) is 22.4 Å². The average molecular weight is 491 g/mol. The smallest absolute Gasteiger partial charge is 0.337 e. The highest BCUT2D eigenvalue weighted by atomic mass is 35.5. The number of hydrogen-bond acceptors (Lipinski definition) is 6. The van der Waals surface area contributed by atoms with Gasteiger partial charge in [-0.15, -0.1) is 0 Å². The van der Waals surface area contributed by atoms with Gasteiger partial charge in [0, 0.05) is 12.0 Å². The van der Waals surface area contributed by atoms with Crippen LogP contribution in [0.3, 0.4) is 0 Å². The van der Waals surface area contributed by atoms with E-state index in [1.807, 2.05) is 30.3 Å². The monoisotopic (exact) mass is 490 g/mol. The van der Waals surface area contributed by atoms with Gasteiger partial charge in [-0.3, -0.25) is 4.79 Å². The molecule has 0 aromatic heterocycles. The minimum absolute atomic E-state index is 0.0394. The number of halogens is 2. The molecule has 3 rings (SSSR count). The van der Waals surface area contributed by atoms with Crippen LogP contribution in [0, 0.1) is 5.82 Å². The Kier molecular flexibility index (Phi) is 7.50. The standard InChI is InChI=1S/C24H20ClFO6S/c1-3-22(27)32-23-19(25)12-17(24(28)31-2)13-21(23)33(29,30)14-18-11-16(9-10-20(18)26)15-7-5-4-6-8-15/h4-13H,3,14H2,1-2H3. The third-order valence-electron chi connectivity index (χ3n) is 4.77. The molecule has 0 atom stereocenters. The van der Waals surface area contributed by atoms with E-state index in [1.54, 1.807) is 6.07 Å². The molecule has 0 aliphatic rings. The van der Waals surface area contributed by atoms with Gasteiger partial charge in [0.15, 0.2) is 15.6 Å². The minimum Gasteiger partial charge on any atom is -0.465 e. The maximum Gasteiger partial charge on any atom is 0.337 e. The molecule has 9 heteroatoms. The Bertz CT molecular complexity index is 1310. The molecule has 172 valence electrons. The zero-order valence-electron chi connectivity index (χ0n) is 17.8. The molecule has 0 aliphatic carbocycles. The second kappa shape index (κ2) is 10.1. The molecular formula is C24H20ClFO6S. The lowest BCUT2D eigenvalue weighted by molar-refractivity contribution is -0.134. The molecule has 0 heterocycles. The fraction of sp³-hybridized carbons (Fsp3) is 0.167. The molecule has 0 aliphatic heterocycles. The van der Waals surface area contributed by atoms with Crippen molar-refractivity contribution in [3.05, 3.63) is 82.6 Å². The van der Waals surface area contributed by atoms with Crippen molar-refractivity contribution in [3.8, 4) is 16.9 Å². The zero-order valence-corrected chi connectivity index (χ0v) is 19.4. The first-order chi connectivity index (χ1) is 15.7. The van der Waals surface area contributed by atoms with E-state index in [1.165, 1.54) is 19.1 Å². The van der Waals surface area contributed by atoms with Gasteiger partial charge in [-0.25, -0.2) is 17.6 Å². The molecule has 3 aromatic rings. The van der Waals surface area contributed by atoms with E-state index in [0.717, 1.165) is 24.8 Å². The second-order valence-corrected chi connectivity index (χ2v) is 9.40. The third kappa shape index (κ3) is 5.58. The van der Waals surface area contributed by atoms with Crippen molar-refractivity contribution < 1.29 is 31.9 Å². The van der Waals surface area contributed by atoms with Gasteiger partial charge < -0.3 is 9.47 Å². The van der Waals surface area contributed by atoms with E-state index in [4.69, 9.17) is 16.3 Å². The summed E-state index contributed by atoms with van der Waals surface area (Å²) >= 11 is 6.16. The Hall–Kier alpha value is -3.23. The Morgan fingerprint density at radius 2 is 1.70 bits per heavy atom. The number of sulfone groups is 1. The first kappa shape index (κ1) is 24.4. The summed E-state index contributed by atoms with van der Waals surface area (Å²) in [6.07, 6.45) is -0.0394. The topological polar surface area (TPSA) is 86.7 Å². The maximum atomic E-state index is 14.6. The Morgan fingerprint density at radius 3 is 2.33 bits per heavy atom. The van der Waals surface area contributed by atoms with Gasteiger partial charge in [-0.05, 0) is 35.4 Å². The van der Waals surface area contributed by atoms with Crippen LogP contribution in [0.1, 0.15) is 29.3 Å². The molecule has 0 saturated heterocycles. The molecule has 0 spiro atoms. The van der Waals surface area contributed by atoms with E-state index >= 15 is 0 Å². The summed E-state index contributed by atoms with van der Waals surface area (Å²) in [5.74, 6) is -3.45. The summed E-state index contributed by atoms with van der Waals surface area (Å²) in [4.78, 5) is 23.4. The Balaban J connectivity index is 2.11. The lowest BCUT2D eigenvalue weighted by atomic mass is 10.0. The SMILES string of the molecule is CCC(=O)Oc1c(Cl)cc(C(=O)OC)cc1S(=O)(=O)Cc1cc(-c2ccccc2)ccc1F. The van der Waals surface area contributed by atoms with E-state index in [2.05, 4.69) is 4.74 Å². The van der Waals surface area contributed by atoms with E-state index in [0.29, 0.717) is 5.56 Å². The van der Waals surface area contributed by atoms with Crippen LogP contribution in [0.15, 0.2) is 65.6 Å². The fourth-order valence-electron chi connectivity index (χ4n) is 3.10. The van der Waals surface area contributed by atoms with Crippen molar-refractivity contribution in [1.82, 2.24) is 0 Å². The zero-order chi connectivity index (χ0) is 24.2. The molecule has 0 saturated carbocycles. The number of carbonyl (C=O) groups excluding carboxylic acids is 2. The van der Waals surface area contributed by atoms with Crippen LogP contribution in [-0.2, 0) is 25.1 Å². The molecule has 33 heavy (non-hydrogen) atoms. The number of rotatable bonds is 7. The predicted molar refractivity (Wildman–Crippen MR) is 121 cm³/mol. The van der Waals surface area contributed by atoms with Crippen LogP contribution in [0.25, 0.3) is 11.1 Å². The quantitative estimate of drug-likeness (QED) is 0.333. The van der Waals surface area contributed by atoms with Crippen molar-refractivity contribution in [2.24, 2.45) is 0 Å². The van der Waals surface area contributed by atoms with Crippen LogP contribution in [0.2, 0.25) is 5.02 Å². The first-order valence-corrected chi connectivity index (χ1v) is 11.9. The van der Waals surface area contributed by atoms with Crippen LogP contribution in [0.5, 0.6) is 5.75 Å². The van der Waals surface area contributed by atoms with Crippen molar-refractivity contribution >= 4 is 33.4 Å². The molecule has 0 N–H and O–H groups in total. The lowest BCUT2D eigenvalue weighted by Gasteiger charge is -2.14. The van der Waals surface area contributed by atoms with Crippen molar-refractivity contribution in [3.63, 3.8) is 0 Å². The van der Waals surface area contributed by atoms with Crippen molar-refractivity contribution in [2.75, 3.05) is 7.11 Å². The van der Waals surface area contributed by atoms with Gasteiger partial charge in [-0.1, -0.05) is 54.9 Å². The molecule has 0 bridgehead atoms. The van der Waals surface area contributed by atoms with Crippen LogP contribution in [0.4, 0.5) is 4.39 Å². The Morgan fingerprint density at radius 1 is 1.00 bits per heavy atom. The van der Waals surface area contributed by atoms with Crippen LogP contribution in [-0.4, -0.2) is 27.5 Å². The van der Waals surface area contributed by atoms with Gasteiger partial charge in [-0.2, -0.15) is 0 Å². The van der Waals surface area contributed by atoms with Gasteiger partial charge >= 0.3 is 11.9 Å².